The SMILES string of the molecule is CC(=O)c1cccc(S(=O)(=O)NCC(C)(O)CN(C)C)c1. The molecule has 0 aliphatic rings. The first-order valence-electron chi connectivity index (χ1n) is 6.51. The van der Waals surface area contributed by atoms with Crippen molar-refractivity contribution in [2.45, 2.75) is 24.3 Å². The summed E-state index contributed by atoms with van der Waals surface area (Å²) in [5.74, 6) is -0.202. The van der Waals surface area contributed by atoms with Gasteiger partial charge < -0.3 is 10.0 Å². The number of sulfonamides is 1. The fourth-order valence-corrected chi connectivity index (χ4v) is 3.16. The van der Waals surface area contributed by atoms with Crippen LogP contribution in [0.4, 0.5) is 0 Å². The van der Waals surface area contributed by atoms with Gasteiger partial charge in [-0.15, -0.1) is 0 Å². The molecular weight excluding hydrogens is 292 g/mol. The lowest BCUT2D eigenvalue weighted by molar-refractivity contribution is 0.0386. The van der Waals surface area contributed by atoms with Gasteiger partial charge in [0.05, 0.1) is 10.5 Å². The van der Waals surface area contributed by atoms with Crippen molar-refractivity contribution in [2.75, 3.05) is 27.2 Å². The largest absolute Gasteiger partial charge is 0.387 e. The van der Waals surface area contributed by atoms with Gasteiger partial charge in [-0.1, -0.05) is 12.1 Å². The minimum atomic E-state index is -3.77. The second kappa shape index (κ2) is 6.65. The maximum absolute atomic E-state index is 12.2. The highest BCUT2D eigenvalue weighted by atomic mass is 32.2. The van der Waals surface area contributed by atoms with Crippen molar-refractivity contribution in [1.29, 1.82) is 0 Å². The van der Waals surface area contributed by atoms with Gasteiger partial charge in [0.25, 0.3) is 0 Å². The van der Waals surface area contributed by atoms with Crippen molar-refractivity contribution in [3.8, 4) is 0 Å². The third-order valence-corrected chi connectivity index (χ3v) is 4.25. The average Bonchev–Trinajstić information content (AvgIpc) is 2.35. The third kappa shape index (κ3) is 5.55. The van der Waals surface area contributed by atoms with Crippen LogP contribution in [0, 0.1) is 0 Å². The number of Topliss-reactive ketones (excluding diaryl/α,β-unsaturated/α-hetero) is 1. The predicted molar refractivity (Wildman–Crippen MR) is 80.8 cm³/mol. The summed E-state index contributed by atoms with van der Waals surface area (Å²) in [6, 6.07) is 5.81. The number of carbonyl (C=O) groups excluding carboxylic acids is 1. The number of carbonyl (C=O) groups is 1. The zero-order valence-corrected chi connectivity index (χ0v) is 13.6. The van der Waals surface area contributed by atoms with E-state index >= 15 is 0 Å². The zero-order valence-electron chi connectivity index (χ0n) is 12.8. The molecule has 0 spiro atoms. The van der Waals surface area contributed by atoms with Gasteiger partial charge in [0.1, 0.15) is 0 Å². The predicted octanol–water partition coefficient (Wildman–Crippen LogP) is 0.480. The highest BCUT2D eigenvalue weighted by Crippen LogP contribution is 2.13. The molecule has 0 radical (unpaired) electrons. The van der Waals surface area contributed by atoms with Crippen molar-refractivity contribution in [3.63, 3.8) is 0 Å². The number of nitrogens with one attached hydrogen (secondary N) is 1. The van der Waals surface area contributed by atoms with Crippen molar-refractivity contribution < 1.29 is 18.3 Å². The summed E-state index contributed by atoms with van der Waals surface area (Å²) < 4.78 is 26.8. The van der Waals surface area contributed by atoms with Gasteiger partial charge >= 0.3 is 0 Å². The summed E-state index contributed by atoms with van der Waals surface area (Å²) in [6.07, 6.45) is 0. The number of rotatable bonds is 7. The number of benzene rings is 1. The average molecular weight is 314 g/mol. The summed E-state index contributed by atoms with van der Waals surface area (Å²) in [6.45, 7) is 3.14. The molecule has 1 atom stereocenters. The van der Waals surface area contributed by atoms with Crippen LogP contribution in [-0.2, 0) is 10.0 Å². The minimum Gasteiger partial charge on any atom is -0.387 e. The van der Waals surface area contributed by atoms with Crippen LogP contribution in [-0.4, -0.2) is 57.0 Å². The molecule has 0 amide bonds. The van der Waals surface area contributed by atoms with E-state index in [9.17, 15) is 18.3 Å². The molecule has 0 fully saturated rings. The number of ketones is 1. The van der Waals surface area contributed by atoms with Gasteiger partial charge in [0.2, 0.25) is 10.0 Å². The molecule has 0 aromatic heterocycles. The Labute approximate surface area is 125 Å². The Balaban J connectivity index is 2.87. The van der Waals surface area contributed by atoms with Gasteiger partial charge in [-0.05, 0) is 40.1 Å². The van der Waals surface area contributed by atoms with Crippen molar-refractivity contribution >= 4 is 15.8 Å². The zero-order chi connectivity index (χ0) is 16.3. The van der Waals surface area contributed by atoms with Gasteiger partial charge in [-0.25, -0.2) is 13.1 Å². The fourth-order valence-electron chi connectivity index (χ4n) is 1.95. The van der Waals surface area contributed by atoms with E-state index in [-0.39, 0.29) is 17.2 Å². The number of nitrogens with zero attached hydrogens (tertiary/aromatic N) is 1. The molecule has 1 aromatic rings. The van der Waals surface area contributed by atoms with E-state index in [1.54, 1.807) is 32.0 Å². The molecule has 21 heavy (non-hydrogen) atoms. The Bertz CT molecular complexity index is 609. The maximum atomic E-state index is 12.2. The van der Waals surface area contributed by atoms with Crippen LogP contribution >= 0.6 is 0 Å². The van der Waals surface area contributed by atoms with Gasteiger partial charge in [-0.2, -0.15) is 0 Å². The molecule has 0 aliphatic carbocycles. The molecule has 1 unspecified atom stereocenters. The van der Waals surface area contributed by atoms with Gasteiger partial charge in [0.15, 0.2) is 5.78 Å². The Morgan fingerprint density at radius 2 is 2.00 bits per heavy atom. The van der Waals surface area contributed by atoms with E-state index < -0.39 is 15.6 Å². The minimum absolute atomic E-state index is 0.0100. The standard InChI is InChI=1S/C14H22N2O4S/c1-11(17)12-6-5-7-13(8-12)21(19,20)15-9-14(2,18)10-16(3)4/h5-8,15,18H,9-10H2,1-4H3. The van der Waals surface area contributed by atoms with E-state index in [1.165, 1.54) is 25.1 Å². The summed E-state index contributed by atoms with van der Waals surface area (Å²) >= 11 is 0. The van der Waals surface area contributed by atoms with Gasteiger partial charge in [-0.3, -0.25) is 4.79 Å². The van der Waals surface area contributed by atoms with E-state index in [0.29, 0.717) is 12.1 Å². The molecule has 0 heterocycles. The molecule has 6 nitrogen and oxygen atoms in total. The Morgan fingerprint density at radius 1 is 1.38 bits per heavy atom. The molecule has 0 saturated carbocycles. The third-order valence-electron chi connectivity index (χ3n) is 2.85. The van der Waals surface area contributed by atoms with Gasteiger partial charge in [0, 0.05) is 18.7 Å². The quantitative estimate of drug-likeness (QED) is 0.715. The maximum Gasteiger partial charge on any atom is 0.240 e. The first-order chi connectivity index (χ1) is 9.53. The molecular formula is C14H22N2O4S. The normalized spacial score (nSPS) is 15.0. The second-order valence-electron chi connectivity index (χ2n) is 5.64. The summed E-state index contributed by atoms with van der Waals surface area (Å²) in [5.41, 5.74) is -0.854. The van der Waals surface area contributed by atoms with Crippen LogP contribution in [0.2, 0.25) is 0 Å². The Kier molecular flexibility index (Phi) is 5.63. The second-order valence-corrected chi connectivity index (χ2v) is 7.41. The first kappa shape index (κ1) is 17.8. The van der Waals surface area contributed by atoms with E-state index in [0.717, 1.165) is 0 Å². The smallest absolute Gasteiger partial charge is 0.240 e. The van der Waals surface area contributed by atoms with Crippen molar-refractivity contribution in [2.24, 2.45) is 0 Å². The lowest BCUT2D eigenvalue weighted by Gasteiger charge is -2.27. The highest BCUT2D eigenvalue weighted by molar-refractivity contribution is 7.89. The molecule has 1 aromatic carbocycles. The van der Waals surface area contributed by atoms with E-state index in [4.69, 9.17) is 0 Å². The molecule has 0 saturated heterocycles. The summed E-state index contributed by atoms with van der Waals surface area (Å²) in [4.78, 5) is 13.1. The van der Waals surface area contributed by atoms with E-state index in [1.807, 2.05) is 0 Å². The highest BCUT2D eigenvalue weighted by Gasteiger charge is 2.25. The van der Waals surface area contributed by atoms with Crippen LogP contribution in [0.25, 0.3) is 0 Å². The summed E-state index contributed by atoms with van der Waals surface area (Å²) in [7, 11) is -0.184. The Morgan fingerprint density at radius 3 is 2.52 bits per heavy atom. The van der Waals surface area contributed by atoms with Crippen LogP contribution in [0.1, 0.15) is 24.2 Å². The van der Waals surface area contributed by atoms with Crippen LogP contribution in [0.3, 0.4) is 0 Å². The summed E-state index contributed by atoms with van der Waals surface area (Å²) in [5, 5.41) is 10.1. The first-order valence-corrected chi connectivity index (χ1v) is 8.00. The monoisotopic (exact) mass is 314 g/mol. The lowest BCUT2D eigenvalue weighted by atomic mass is 10.1. The Hall–Kier alpha value is -1.28. The fraction of sp³-hybridized carbons (Fsp3) is 0.500. The van der Waals surface area contributed by atoms with Crippen LogP contribution in [0.15, 0.2) is 29.2 Å². The molecule has 2 N–H and O–H groups in total. The van der Waals surface area contributed by atoms with Crippen LogP contribution in [0.5, 0.6) is 0 Å². The number of likely N-dealkylation sites (N-methyl/N-ethyl adjacent to an activating group) is 1. The topological polar surface area (TPSA) is 86.7 Å². The number of hydrogen-bond acceptors (Lipinski definition) is 5. The van der Waals surface area contributed by atoms with Crippen molar-refractivity contribution in [1.82, 2.24) is 9.62 Å². The number of aliphatic hydroxyl groups is 1. The number of hydrogen-bond donors (Lipinski definition) is 2. The van der Waals surface area contributed by atoms with Crippen molar-refractivity contribution in [3.05, 3.63) is 29.8 Å². The van der Waals surface area contributed by atoms with Crippen LogP contribution < -0.4 is 4.72 Å². The van der Waals surface area contributed by atoms with E-state index in [2.05, 4.69) is 4.72 Å². The molecule has 0 bridgehead atoms. The molecule has 0 aliphatic heterocycles. The lowest BCUT2D eigenvalue weighted by Crippen LogP contribution is -2.47. The molecule has 7 heteroatoms. The molecule has 1 rings (SSSR count). The molecule has 118 valence electrons.